The molecule has 31 heavy (non-hydrogen) atoms. The van der Waals surface area contributed by atoms with Crippen molar-refractivity contribution in [2.75, 3.05) is 6.54 Å². The molecule has 0 bridgehead atoms. The summed E-state index contributed by atoms with van der Waals surface area (Å²) in [6, 6.07) is 17.6. The van der Waals surface area contributed by atoms with E-state index >= 15 is 0 Å². The van der Waals surface area contributed by atoms with Crippen LogP contribution in [0.15, 0.2) is 78.0 Å². The van der Waals surface area contributed by atoms with E-state index in [1.807, 2.05) is 0 Å². The molecule has 1 atom stereocenters. The Morgan fingerprint density at radius 1 is 0.968 bits per heavy atom. The van der Waals surface area contributed by atoms with Gasteiger partial charge in [-0.05, 0) is 42.0 Å². The van der Waals surface area contributed by atoms with Crippen molar-refractivity contribution in [1.29, 1.82) is 0 Å². The highest BCUT2D eigenvalue weighted by Crippen LogP contribution is 2.21. The van der Waals surface area contributed by atoms with Gasteiger partial charge in [0.05, 0.1) is 17.8 Å². The lowest BCUT2D eigenvalue weighted by atomic mass is 10.0. The van der Waals surface area contributed by atoms with Crippen LogP contribution in [-0.2, 0) is 11.4 Å². The third kappa shape index (κ3) is 4.94. The highest BCUT2D eigenvalue weighted by molar-refractivity contribution is 6.01. The summed E-state index contributed by atoms with van der Waals surface area (Å²) in [6.07, 6.45) is -0.143. The highest BCUT2D eigenvalue weighted by atomic mass is 19.1. The quantitative estimate of drug-likeness (QED) is 0.563. The van der Waals surface area contributed by atoms with Crippen LogP contribution in [0.2, 0.25) is 0 Å². The van der Waals surface area contributed by atoms with E-state index < -0.39 is 23.6 Å². The Morgan fingerprint density at radius 3 is 2.45 bits per heavy atom. The van der Waals surface area contributed by atoms with E-state index in [0.29, 0.717) is 23.3 Å². The fraction of sp³-hybridized carbons (Fsp3) is 0.167. The van der Waals surface area contributed by atoms with Crippen LogP contribution in [0, 0.1) is 17.5 Å². The number of amides is 1. The number of benzene rings is 3. The van der Waals surface area contributed by atoms with Crippen molar-refractivity contribution in [1.82, 2.24) is 4.90 Å². The van der Waals surface area contributed by atoms with Crippen LogP contribution in [0.5, 0.6) is 0 Å². The zero-order valence-corrected chi connectivity index (χ0v) is 16.5. The van der Waals surface area contributed by atoms with E-state index in [0.717, 1.165) is 0 Å². The van der Waals surface area contributed by atoms with E-state index in [1.165, 1.54) is 47.4 Å². The van der Waals surface area contributed by atoms with E-state index in [-0.39, 0.29) is 24.5 Å². The van der Waals surface area contributed by atoms with E-state index in [2.05, 4.69) is 5.16 Å². The Balaban J connectivity index is 1.53. The van der Waals surface area contributed by atoms with Crippen molar-refractivity contribution in [3.63, 3.8) is 0 Å². The largest absolute Gasteiger partial charge is 0.390 e. The monoisotopic (exact) mass is 424 g/mol. The third-order valence-corrected chi connectivity index (χ3v) is 4.97. The molecule has 0 unspecified atom stereocenters. The minimum Gasteiger partial charge on any atom is -0.390 e. The molecular weight excluding hydrogens is 405 g/mol. The van der Waals surface area contributed by atoms with Gasteiger partial charge in [-0.25, -0.2) is 13.2 Å². The lowest BCUT2D eigenvalue weighted by Gasteiger charge is -2.25. The van der Waals surface area contributed by atoms with Gasteiger partial charge in [-0.1, -0.05) is 41.6 Å². The molecule has 3 aromatic carbocycles. The molecule has 1 aliphatic heterocycles. The van der Waals surface area contributed by atoms with Gasteiger partial charge >= 0.3 is 0 Å². The molecule has 0 saturated heterocycles. The Morgan fingerprint density at radius 2 is 1.71 bits per heavy atom. The number of carbonyl (C=O) groups is 1. The molecule has 1 aliphatic rings. The average molecular weight is 424 g/mol. The first kappa shape index (κ1) is 20.7. The number of hydrogen-bond donors (Lipinski definition) is 0. The van der Waals surface area contributed by atoms with Crippen LogP contribution in [0.4, 0.5) is 13.2 Å². The minimum absolute atomic E-state index is 0.0695. The van der Waals surface area contributed by atoms with Gasteiger partial charge in [0.1, 0.15) is 17.5 Å². The first-order chi connectivity index (χ1) is 15.0. The molecule has 0 N–H and O–H groups in total. The predicted octanol–water partition coefficient (Wildman–Crippen LogP) is 4.94. The molecule has 158 valence electrons. The summed E-state index contributed by atoms with van der Waals surface area (Å²) >= 11 is 0. The Bertz CT molecular complexity index is 1130. The van der Waals surface area contributed by atoms with E-state index in [1.54, 1.807) is 30.3 Å². The summed E-state index contributed by atoms with van der Waals surface area (Å²) in [7, 11) is 0. The molecule has 7 heteroatoms. The zero-order chi connectivity index (χ0) is 21.8. The van der Waals surface area contributed by atoms with Crippen molar-refractivity contribution in [3.8, 4) is 0 Å². The van der Waals surface area contributed by atoms with Gasteiger partial charge in [0, 0.05) is 18.5 Å². The maximum absolute atomic E-state index is 14.2. The zero-order valence-electron chi connectivity index (χ0n) is 16.5. The van der Waals surface area contributed by atoms with Gasteiger partial charge in [0.2, 0.25) is 0 Å². The first-order valence-electron chi connectivity index (χ1n) is 9.76. The van der Waals surface area contributed by atoms with Gasteiger partial charge in [0.15, 0.2) is 6.10 Å². The van der Waals surface area contributed by atoms with Gasteiger partial charge in [-0.3, -0.25) is 4.79 Å². The van der Waals surface area contributed by atoms with E-state index in [4.69, 9.17) is 4.84 Å². The number of hydrogen-bond acceptors (Lipinski definition) is 3. The second kappa shape index (κ2) is 9.04. The smallest absolute Gasteiger partial charge is 0.257 e. The Labute approximate surface area is 177 Å². The molecule has 1 amide bonds. The van der Waals surface area contributed by atoms with Gasteiger partial charge in [0.25, 0.3) is 5.91 Å². The molecule has 0 aliphatic carbocycles. The summed E-state index contributed by atoms with van der Waals surface area (Å²) in [6.45, 7) is 0.173. The highest BCUT2D eigenvalue weighted by Gasteiger charge is 2.28. The summed E-state index contributed by atoms with van der Waals surface area (Å²) in [5, 5.41) is 4.03. The van der Waals surface area contributed by atoms with Gasteiger partial charge < -0.3 is 9.74 Å². The molecule has 4 nitrogen and oxygen atoms in total. The summed E-state index contributed by atoms with van der Waals surface area (Å²) in [5.74, 6) is -1.98. The second-order valence-electron chi connectivity index (χ2n) is 7.28. The lowest BCUT2D eigenvalue weighted by Crippen LogP contribution is -2.37. The number of nitrogens with zero attached hydrogens (tertiary/aromatic N) is 2. The molecule has 0 aromatic heterocycles. The number of carbonyl (C=O) groups excluding carboxylic acids is 1. The minimum atomic E-state index is -0.638. The van der Waals surface area contributed by atoms with Crippen LogP contribution < -0.4 is 0 Å². The van der Waals surface area contributed by atoms with Crippen LogP contribution in [0.3, 0.4) is 0 Å². The average Bonchev–Trinajstić information content (AvgIpc) is 3.22. The third-order valence-electron chi connectivity index (χ3n) is 4.97. The molecule has 0 radical (unpaired) electrons. The molecular formula is C24H19F3N2O2. The van der Waals surface area contributed by atoms with Crippen molar-refractivity contribution < 1.29 is 22.8 Å². The topological polar surface area (TPSA) is 41.9 Å². The predicted molar refractivity (Wildman–Crippen MR) is 110 cm³/mol. The maximum atomic E-state index is 14.2. The lowest BCUT2D eigenvalue weighted by molar-refractivity contribution is 0.0402. The number of halogens is 3. The summed E-state index contributed by atoms with van der Waals surface area (Å²) in [4.78, 5) is 20.0. The fourth-order valence-electron chi connectivity index (χ4n) is 3.49. The molecule has 0 fully saturated rings. The molecule has 3 aromatic rings. The fourth-order valence-corrected chi connectivity index (χ4v) is 3.49. The van der Waals surface area contributed by atoms with Gasteiger partial charge in [-0.2, -0.15) is 0 Å². The summed E-state index contributed by atoms with van der Waals surface area (Å²) < 4.78 is 41.4. The number of oxime groups is 1. The molecule has 0 spiro atoms. The van der Waals surface area contributed by atoms with Crippen LogP contribution in [0.25, 0.3) is 0 Å². The molecule has 1 heterocycles. The molecule has 4 rings (SSSR count). The second-order valence-corrected chi connectivity index (χ2v) is 7.28. The van der Waals surface area contributed by atoms with Gasteiger partial charge in [-0.15, -0.1) is 0 Å². The van der Waals surface area contributed by atoms with Crippen LogP contribution in [-0.4, -0.2) is 29.2 Å². The number of rotatable bonds is 6. The van der Waals surface area contributed by atoms with Crippen molar-refractivity contribution in [2.45, 2.75) is 19.1 Å². The van der Waals surface area contributed by atoms with Crippen molar-refractivity contribution in [2.24, 2.45) is 5.16 Å². The standard InChI is InChI=1S/C24H19F3N2O2/c25-18-7-3-5-16(11-18)14-29(24(30)21-9-1-2-10-22(21)27)15-20-13-23(28-31-20)17-6-4-8-19(26)12-17/h1-12,20H,13-15H2/t20-/m1/s1. The maximum Gasteiger partial charge on any atom is 0.257 e. The van der Waals surface area contributed by atoms with Crippen molar-refractivity contribution >= 4 is 11.6 Å². The SMILES string of the molecule is O=C(c1ccccc1F)N(Cc1cccc(F)c1)C[C@H]1CC(c2cccc(F)c2)=NO1. The summed E-state index contributed by atoms with van der Waals surface area (Å²) in [5.41, 5.74) is 1.64. The van der Waals surface area contributed by atoms with Crippen molar-refractivity contribution in [3.05, 3.63) is 107 Å². The van der Waals surface area contributed by atoms with Crippen LogP contribution >= 0.6 is 0 Å². The Kier molecular flexibility index (Phi) is 6.02. The Hall–Kier alpha value is -3.61. The normalized spacial score (nSPS) is 15.3. The first-order valence-corrected chi connectivity index (χ1v) is 9.76. The van der Waals surface area contributed by atoms with E-state index in [9.17, 15) is 18.0 Å². The van der Waals surface area contributed by atoms with Crippen LogP contribution in [0.1, 0.15) is 27.9 Å². The molecule has 0 saturated carbocycles.